The number of unbranched alkanes of at least 4 members (excludes halogenated alkanes) is 25. The summed E-state index contributed by atoms with van der Waals surface area (Å²) in [5.41, 5.74) is 0. The molecule has 2 saturated heterocycles. The summed E-state index contributed by atoms with van der Waals surface area (Å²) >= 11 is 0. The van der Waals surface area contributed by atoms with Crippen LogP contribution in [-0.2, 0) is 23.7 Å². The van der Waals surface area contributed by atoms with E-state index in [-0.39, 0.29) is 18.9 Å². The van der Waals surface area contributed by atoms with Gasteiger partial charge in [0.25, 0.3) is 0 Å². The summed E-state index contributed by atoms with van der Waals surface area (Å²) in [5.74, 6) is -0.260. The van der Waals surface area contributed by atoms with E-state index in [2.05, 4.69) is 104 Å². The molecule has 83 heavy (non-hydrogen) atoms. The number of carbonyl (C=O) groups excluding carboxylic acids is 1. The number of nitrogens with one attached hydrogen (secondary N) is 1. The summed E-state index contributed by atoms with van der Waals surface area (Å²) in [6.45, 7) is 2.68. The van der Waals surface area contributed by atoms with Crippen molar-refractivity contribution in [1.29, 1.82) is 0 Å². The SMILES string of the molecule is CC/C=C\C/C=C\C/C=C\C/C=C\C/C=C\C/C=C\C/C=C\CCCCCCCC(=O)NC(COC1OC(CO)C(OC2OC(CO)C(O)C(O)C2O)C(O)C1O)C(O)/C=C/CCCCCCCCCCCCCCCCCCCCCC. The second-order valence-electron chi connectivity index (χ2n) is 22.9. The van der Waals surface area contributed by atoms with Gasteiger partial charge in [0.15, 0.2) is 12.6 Å². The Morgan fingerprint density at radius 1 is 0.446 bits per heavy atom. The molecule has 0 radical (unpaired) electrons. The third kappa shape index (κ3) is 37.9. The summed E-state index contributed by atoms with van der Waals surface area (Å²) < 4.78 is 22.8. The normalized spacial score (nSPS) is 24.5. The Balaban J connectivity index is 1.74. The Hall–Kier alpha value is -3.09. The highest BCUT2D eigenvalue weighted by Gasteiger charge is 2.51. The van der Waals surface area contributed by atoms with Gasteiger partial charge < -0.3 is 65.1 Å². The van der Waals surface area contributed by atoms with Crippen LogP contribution in [0.15, 0.2) is 97.2 Å². The van der Waals surface area contributed by atoms with Crippen molar-refractivity contribution in [2.75, 3.05) is 19.8 Å². The third-order valence-electron chi connectivity index (χ3n) is 15.5. The molecule has 2 aliphatic rings. The first kappa shape index (κ1) is 76.0. The van der Waals surface area contributed by atoms with E-state index in [0.717, 1.165) is 96.3 Å². The van der Waals surface area contributed by atoms with Crippen molar-refractivity contribution in [2.24, 2.45) is 0 Å². The molecule has 478 valence electrons. The van der Waals surface area contributed by atoms with E-state index in [4.69, 9.17) is 18.9 Å². The highest BCUT2D eigenvalue weighted by molar-refractivity contribution is 5.76. The van der Waals surface area contributed by atoms with E-state index in [1.165, 1.54) is 116 Å². The highest BCUT2D eigenvalue weighted by atomic mass is 16.7. The number of carbonyl (C=O) groups is 1. The van der Waals surface area contributed by atoms with Crippen LogP contribution in [0, 0.1) is 0 Å². The molecule has 9 N–H and O–H groups in total. The van der Waals surface area contributed by atoms with Gasteiger partial charge in [-0.15, -0.1) is 0 Å². The molecule has 14 nitrogen and oxygen atoms in total. The number of hydrogen-bond donors (Lipinski definition) is 9. The number of allylic oxidation sites excluding steroid dienone is 15. The van der Waals surface area contributed by atoms with Gasteiger partial charge in [-0.1, -0.05) is 252 Å². The Morgan fingerprint density at radius 3 is 1.28 bits per heavy atom. The monoisotopic (exact) mass is 1170 g/mol. The smallest absolute Gasteiger partial charge is 0.220 e. The second-order valence-corrected chi connectivity index (χ2v) is 22.9. The summed E-state index contributed by atoms with van der Waals surface area (Å²) in [6.07, 6.45) is 57.2. The Kier molecular flexibility index (Phi) is 48.7. The van der Waals surface area contributed by atoms with Gasteiger partial charge in [-0.05, 0) is 77.0 Å². The molecule has 1 amide bonds. The lowest BCUT2D eigenvalue weighted by molar-refractivity contribution is -0.359. The van der Waals surface area contributed by atoms with E-state index in [0.29, 0.717) is 6.42 Å². The molecule has 12 unspecified atom stereocenters. The van der Waals surface area contributed by atoms with Gasteiger partial charge in [0.1, 0.15) is 48.8 Å². The molecule has 2 fully saturated rings. The van der Waals surface area contributed by atoms with Crippen molar-refractivity contribution in [3.63, 3.8) is 0 Å². The molecule has 0 spiro atoms. The van der Waals surface area contributed by atoms with E-state index in [1.807, 2.05) is 6.08 Å². The minimum atomic E-state index is -1.80. The maximum atomic E-state index is 13.3. The van der Waals surface area contributed by atoms with Crippen LogP contribution in [0.4, 0.5) is 0 Å². The molecule has 0 aliphatic carbocycles. The van der Waals surface area contributed by atoms with E-state index in [9.17, 15) is 45.6 Å². The minimum absolute atomic E-state index is 0.253. The largest absolute Gasteiger partial charge is 0.394 e. The molecule has 0 aromatic carbocycles. The van der Waals surface area contributed by atoms with Gasteiger partial charge in [0.05, 0.1) is 32.0 Å². The molecule has 2 heterocycles. The first-order chi connectivity index (χ1) is 40.6. The molecule has 2 aliphatic heterocycles. The van der Waals surface area contributed by atoms with Crippen molar-refractivity contribution in [2.45, 2.75) is 312 Å². The van der Waals surface area contributed by atoms with Crippen LogP contribution in [0.1, 0.15) is 239 Å². The summed E-state index contributed by atoms with van der Waals surface area (Å²) in [7, 11) is 0. The van der Waals surface area contributed by atoms with Crippen LogP contribution >= 0.6 is 0 Å². The molecule has 0 bridgehead atoms. The zero-order valence-corrected chi connectivity index (χ0v) is 51.7. The van der Waals surface area contributed by atoms with E-state index in [1.54, 1.807) is 6.08 Å². The summed E-state index contributed by atoms with van der Waals surface area (Å²) in [6, 6.07) is -0.933. The molecule has 12 atom stereocenters. The van der Waals surface area contributed by atoms with Gasteiger partial charge in [0, 0.05) is 6.42 Å². The standard InChI is InChI=1S/C69H119NO13/c1-3-5-7-9-11-13-15-17-19-21-23-25-27-28-29-30-31-33-35-37-39-41-43-45-47-49-51-53-61(74)70-57(56-80-68-66(79)64(77)67(60(55-72)82-68)83-69-65(78)63(76)62(75)59(54-71)81-69)58(73)52-50-48-46-44-42-40-38-36-34-32-26-24-22-20-18-16-14-12-10-8-6-4-2/h5,7,11,13,17,19,23,25,28-29,31,33,37,39,50,52,57-60,62-69,71-73,75-79H,3-4,6,8-10,12,14-16,18,20-22,24,26-27,30,32,34-36,38,40-49,51,53-56H2,1-2H3,(H,70,74)/b7-5-,13-11-,19-17-,25-23-,29-28-,33-31-,39-37-,52-50+. The third-order valence-corrected chi connectivity index (χ3v) is 15.5. The number of aliphatic hydroxyl groups is 8. The molecule has 0 saturated carbocycles. The van der Waals surface area contributed by atoms with Crippen LogP contribution in [0.2, 0.25) is 0 Å². The summed E-state index contributed by atoms with van der Waals surface area (Å²) in [5, 5.41) is 87.3. The minimum Gasteiger partial charge on any atom is -0.394 e. The van der Waals surface area contributed by atoms with Crippen LogP contribution in [0.5, 0.6) is 0 Å². The van der Waals surface area contributed by atoms with E-state index >= 15 is 0 Å². The van der Waals surface area contributed by atoms with Gasteiger partial charge in [-0.2, -0.15) is 0 Å². The first-order valence-corrected chi connectivity index (χ1v) is 33.0. The topological polar surface area (TPSA) is 228 Å². The zero-order valence-electron chi connectivity index (χ0n) is 51.7. The molecule has 0 aromatic heterocycles. The number of hydrogen-bond acceptors (Lipinski definition) is 13. The quantitative estimate of drug-likeness (QED) is 0.0204. The Labute approximate surface area is 503 Å². The fourth-order valence-corrected chi connectivity index (χ4v) is 10.3. The average molecular weight is 1170 g/mol. The average Bonchev–Trinajstić information content (AvgIpc) is 3.65. The Morgan fingerprint density at radius 2 is 0.831 bits per heavy atom. The predicted molar refractivity (Wildman–Crippen MR) is 336 cm³/mol. The number of amides is 1. The van der Waals surface area contributed by atoms with Crippen molar-refractivity contribution >= 4 is 5.91 Å². The second kappa shape index (κ2) is 53.2. The van der Waals surface area contributed by atoms with Crippen LogP contribution in [0.25, 0.3) is 0 Å². The van der Waals surface area contributed by atoms with Crippen molar-refractivity contribution < 1.29 is 64.6 Å². The molecule has 14 heteroatoms. The fraction of sp³-hybridized carbons (Fsp3) is 0.754. The van der Waals surface area contributed by atoms with Crippen molar-refractivity contribution in [1.82, 2.24) is 5.32 Å². The molecular weight excluding hydrogens is 1050 g/mol. The fourth-order valence-electron chi connectivity index (χ4n) is 10.3. The maximum Gasteiger partial charge on any atom is 0.220 e. The zero-order chi connectivity index (χ0) is 60.2. The van der Waals surface area contributed by atoms with Crippen LogP contribution in [0.3, 0.4) is 0 Å². The van der Waals surface area contributed by atoms with Gasteiger partial charge in [-0.25, -0.2) is 0 Å². The van der Waals surface area contributed by atoms with Crippen molar-refractivity contribution in [3.8, 4) is 0 Å². The maximum absolute atomic E-state index is 13.3. The predicted octanol–water partition coefficient (Wildman–Crippen LogP) is 12.6. The number of rotatable bonds is 52. The lowest BCUT2D eigenvalue weighted by Gasteiger charge is -2.46. The lowest BCUT2D eigenvalue weighted by Crippen LogP contribution is -2.65. The van der Waals surface area contributed by atoms with Crippen LogP contribution in [-0.4, -0.2) is 140 Å². The lowest BCUT2D eigenvalue weighted by atomic mass is 9.97. The van der Waals surface area contributed by atoms with Crippen molar-refractivity contribution in [3.05, 3.63) is 97.2 Å². The van der Waals surface area contributed by atoms with Gasteiger partial charge in [-0.3, -0.25) is 4.79 Å². The first-order valence-electron chi connectivity index (χ1n) is 33.0. The van der Waals surface area contributed by atoms with E-state index < -0.39 is 86.8 Å². The van der Waals surface area contributed by atoms with Gasteiger partial charge in [0.2, 0.25) is 5.91 Å². The molecular formula is C69H119NO13. The molecule has 2 rings (SSSR count). The highest BCUT2D eigenvalue weighted by Crippen LogP contribution is 2.30. The number of ether oxygens (including phenoxy) is 4. The number of aliphatic hydroxyl groups excluding tert-OH is 8. The Bertz CT molecular complexity index is 1760. The van der Waals surface area contributed by atoms with Crippen LogP contribution < -0.4 is 5.32 Å². The molecule has 0 aromatic rings. The summed E-state index contributed by atoms with van der Waals surface area (Å²) in [4.78, 5) is 13.3. The van der Waals surface area contributed by atoms with Gasteiger partial charge >= 0.3 is 0 Å².